The average molecular weight is 489 g/mol. The van der Waals surface area contributed by atoms with Crippen LogP contribution < -0.4 is 10.6 Å². The van der Waals surface area contributed by atoms with Crippen LogP contribution in [0.3, 0.4) is 0 Å². The van der Waals surface area contributed by atoms with Crippen LogP contribution in [0.2, 0.25) is 0 Å². The third-order valence-electron chi connectivity index (χ3n) is 7.16. The fourth-order valence-electron chi connectivity index (χ4n) is 4.94. The van der Waals surface area contributed by atoms with Crippen molar-refractivity contribution >= 4 is 35.7 Å². The summed E-state index contributed by atoms with van der Waals surface area (Å²) in [6.45, 7) is 2.12. The number of anilines is 1. The second-order valence-electron chi connectivity index (χ2n) is 9.47. The van der Waals surface area contributed by atoms with Gasteiger partial charge in [-0.2, -0.15) is 0 Å². The van der Waals surface area contributed by atoms with Crippen LogP contribution >= 0.6 is 0 Å². The molecule has 0 radical (unpaired) electrons. The largest absolute Gasteiger partial charge is 0.453 e. The molecule has 2 fully saturated rings. The molecular weight excluding hydrogens is 460 g/mol. The van der Waals surface area contributed by atoms with Crippen molar-refractivity contribution in [2.45, 2.75) is 37.9 Å². The van der Waals surface area contributed by atoms with Gasteiger partial charge in [-0.15, -0.1) is 0 Å². The van der Waals surface area contributed by atoms with Crippen molar-refractivity contribution in [3.05, 3.63) is 71.3 Å². The number of urea groups is 1. The molecule has 2 atom stereocenters. The number of benzene rings is 2. The smallest absolute Gasteiger partial charge is 0.411 e. The number of hydrogen-bond acceptors (Lipinski definition) is 5. The Hall–Kier alpha value is -4.14. The number of ether oxygens (including phenoxy) is 1. The molecular formula is C27H28N4O5. The number of carbonyl (C=O) groups excluding carboxylic acids is 4. The van der Waals surface area contributed by atoms with Crippen molar-refractivity contribution in [1.29, 1.82) is 0 Å². The molecule has 36 heavy (non-hydrogen) atoms. The first-order valence-corrected chi connectivity index (χ1v) is 12.0. The van der Waals surface area contributed by atoms with Gasteiger partial charge in [0.15, 0.2) is 5.54 Å². The lowest BCUT2D eigenvalue weighted by Gasteiger charge is -2.31. The third kappa shape index (κ3) is 4.21. The van der Waals surface area contributed by atoms with Gasteiger partial charge in [0.05, 0.1) is 7.11 Å². The molecule has 2 aliphatic carbocycles. The lowest BCUT2D eigenvalue weighted by atomic mass is 9.91. The Morgan fingerprint density at radius 2 is 1.94 bits per heavy atom. The summed E-state index contributed by atoms with van der Waals surface area (Å²) in [5.74, 6) is -0.327. The zero-order valence-corrected chi connectivity index (χ0v) is 20.2. The van der Waals surface area contributed by atoms with Crippen LogP contribution in [0.25, 0.3) is 6.08 Å². The number of methoxy groups -OCH3 is 1. The van der Waals surface area contributed by atoms with Crippen LogP contribution in [0.15, 0.2) is 54.6 Å². The number of nitrogens with zero attached hydrogens (tertiary/aromatic N) is 2. The Labute approximate surface area is 209 Å². The summed E-state index contributed by atoms with van der Waals surface area (Å²) in [5, 5.41) is 5.37. The van der Waals surface area contributed by atoms with Crippen molar-refractivity contribution in [3.63, 3.8) is 0 Å². The lowest BCUT2D eigenvalue weighted by Crippen LogP contribution is -2.47. The number of amides is 5. The lowest BCUT2D eigenvalue weighted by molar-refractivity contribution is -0.140. The molecule has 2 N–H and O–H groups in total. The van der Waals surface area contributed by atoms with Gasteiger partial charge in [0.2, 0.25) is 5.91 Å². The first kappa shape index (κ1) is 23.6. The summed E-state index contributed by atoms with van der Waals surface area (Å²) in [5.41, 5.74) is 1.38. The fourth-order valence-corrected chi connectivity index (χ4v) is 4.94. The zero-order valence-electron chi connectivity index (χ0n) is 20.2. The fraction of sp³-hybridized carbons (Fsp3) is 0.333. The highest BCUT2D eigenvalue weighted by Gasteiger charge is 2.54. The van der Waals surface area contributed by atoms with Crippen LogP contribution in [0.5, 0.6) is 0 Å². The predicted octanol–water partition coefficient (Wildman–Crippen LogP) is 3.47. The molecule has 1 aliphatic heterocycles. The van der Waals surface area contributed by atoms with Gasteiger partial charge in [-0.3, -0.25) is 19.8 Å². The average Bonchev–Trinajstić information content (AvgIpc) is 3.63. The van der Waals surface area contributed by atoms with Crippen LogP contribution in [-0.4, -0.2) is 53.4 Å². The molecule has 1 spiro atoms. The highest BCUT2D eigenvalue weighted by molar-refractivity contribution is 6.12. The Morgan fingerprint density at radius 3 is 2.64 bits per heavy atom. The molecule has 2 aromatic rings. The van der Waals surface area contributed by atoms with Gasteiger partial charge in [0.25, 0.3) is 5.91 Å². The van der Waals surface area contributed by atoms with Gasteiger partial charge in [0.1, 0.15) is 6.54 Å². The van der Waals surface area contributed by atoms with Crippen molar-refractivity contribution in [3.8, 4) is 0 Å². The van der Waals surface area contributed by atoms with E-state index in [1.54, 1.807) is 35.3 Å². The Bertz CT molecular complexity index is 1260. The normalized spacial score (nSPS) is 20.8. The first-order valence-electron chi connectivity index (χ1n) is 12.0. The minimum Gasteiger partial charge on any atom is -0.453 e. The van der Waals surface area contributed by atoms with E-state index in [-0.39, 0.29) is 18.5 Å². The molecule has 1 saturated carbocycles. The number of imide groups is 1. The Kier molecular flexibility index (Phi) is 5.99. The molecule has 5 amide bonds. The third-order valence-corrected chi connectivity index (χ3v) is 7.16. The zero-order chi connectivity index (χ0) is 25.4. The molecule has 3 aliphatic rings. The van der Waals surface area contributed by atoms with E-state index in [1.165, 1.54) is 7.11 Å². The highest BCUT2D eigenvalue weighted by atomic mass is 16.5. The molecule has 186 valence electrons. The van der Waals surface area contributed by atoms with Gasteiger partial charge >= 0.3 is 12.1 Å². The van der Waals surface area contributed by atoms with Crippen molar-refractivity contribution in [2.24, 2.45) is 5.92 Å². The van der Waals surface area contributed by atoms with Gasteiger partial charge in [0, 0.05) is 18.3 Å². The maximum atomic E-state index is 13.6. The van der Waals surface area contributed by atoms with Crippen LogP contribution in [0, 0.1) is 5.92 Å². The molecule has 1 saturated heterocycles. The van der Waals surface area contributed by atoms with Crippen LogP contribution in [-0.2, 0) is 26.4 Å². The number of rotatable bonds is 7. The highest BCUT2D eigenvalue weighted by Crippen LogP contribution is 2.40. The van der Waals surface area contributed by atoms with E-state index in [2.05, 4.69) is 15.4 Å². The Balaban J connectivity index is 1.35. The van der Waals surface area contributed by atoms with E-state index in [0.29, 0.717) is 29.3 Å². The van der Waals surface area contributed by atoms with E-state index in [1.807, 2.05) is 37.3 Å². The van der Waals surface area contributed by atoms with Gasteiger partial charge < -0.3 is 15.0 Å². The van der Waals surface area contributed by atoms with Crippen molar-refractivity contribution in [1.82, 2.24) is 15.1 Å². The van der Waals surface area contributed by atoms with E-state index in [9.17, 15) is 19.2 Å². The van der Waals surface area contributed by atoms with E-state index in [0.717, 1.165) is 23.3 Å². The quantitative estimate of drug-likeness (QED) is 0.581. The van der Waals surface area contributed by atoms with Gasteiger partial charge in [-0.1, -0.05) is 42.5 Å². The van der Waals surface area contributed by atoms with Gasteiger partial charge in [-0.05, 0) is 60.6 Å². The van der Waals surface area contributed by atoms with Crippen molar-refractivity contribution < 1.29 is 23.9 Å². The van der Waals surface area contributed by atoms with Crippen LogP contribution in [0.4, 0.5) is 15.3 Å². The minimum atomic E-state index is -1.37. The second-order valence-corrected chi connectivity index (χ2v) is 9.47. The monoisotopic (exact) mass is 488 g/mol. The van der Waals surface area contributed by atoms with Crippen molar-refractivity contribution in [2.75, 3.05) is 19.0 Å². The predicted molar refractivity (Wildman–Crippen MR) is 133 cm³/mol. The molecule has 2 aromatic carbocycles. The molecule has 1 unspecified atom stereocenters. The number of nitrogens with one attached hydrogen (secondary N) is 2. The molecule has 5 rings (SSSR count). The molecule has 0 aromatic heterocycles. The summed E-state index contributed by atoms with van der Waals surface area (Å²) < 4.78 is 4.62. The minimum absolute atomic E-state index is 0.0141. The van der Waals surface area contributed by atoms with Gasteiger partial charge in [-0.25, -0.2) is 9.59 Å². The number of hydrogen-bond donors (Lipinski definition) is 2. The summed E-state index contributed by atoms with van der Waals surface area (Å²) in [4.78, 5) is 54.3. The standard InChI is InChI=1S/C27H28N4O5/c1-17(19-8-9-19)30(15-18-6-4-3-5-7-18)23(32)16-31-24(33)27(29-25(31)34)13-12-20-14-21(10-11-22(20)27)28-26(35)36-2/h3-7,10-14,17,19H,8-9,15-16H2,1-2H3,(H,28,35)(H,29,34)/t17-,27?/m0/s1. The summed E-state index contributed by atoms with van der Waals surface area (Å²) in [6.07, 6.45) is 4.87. The second kappa shape index (κ2) is 9.14. The molecule has 9 heteroatoms. The van der Waals surface area contributed by atoms with E-state index < -0.39 is 23.6 Å². The maximum Gasteiger partial charge on any atom is 0.411 e. The van der Waals surface area contributed by atoms with Crippen LogP contribution in [0.1, 0.15) is 36.5 Å². The van der Waals surface area contributed by atoms with E-state index in [4.69, 9.17) is 0 Å². The molecule has 9 nitrogen and oxygen atoms in total. The molecule has 0 bridgehead atoms. The number of fused-ring (bicyclic) bond motifs is 2. The molecule has 1 heterocycles. The summed E-state index contributed by atoms with van der Waals surface area (Å²) in [7, 11) is 1.27. The first-order chi connectivity index (χ1) is 17.3. The maximum absolute atomic E-state index is 13.6. The Morgan fingerprint density at radius 1 is 1.19 bits per heavy atom. The summed E-state index contributed by atoms with van der Waals surface area (Å²) in [6, 6.07) is 14.1. The van der Waals surface area contributed by atoms with E-state index >= 15 is 0 Å². The number of carbonyl (C=O) groups is 4. The summed E-state index contributed by atoms with van der Waals surface area (Å²) >= 11 is 0. The topological polar surface area (TPSA) is 108 Å². The SMILES string of the molecule is COC(=O)Nc1ccc2c(c1)C=CC21NC(=O)N(CC(=O)N(Cc2ccccc2)[C@@H](C)C2CC2)C1=O.